The van der Waals surface area contributed by atoms with Crippen LogP contribution in [0.4, 0.5) is 4.39 Å². The lowest BCUT2D eigenvalue weighted by atomic mass is 9.67. The minimum atomic E-state index is -0.0797. The first kappa shape index (κ1) is 12.6. The number of rotatable bonds is 4. The van der Waals surface area contributed by atoms with Crippen molar-refractivity contribution in [1.29, 1.82) is 0 Å². The zero-order valence-electron chi connectivity index (χ0n) is 10.8. The number of hydrogen-bond acceptors (Lipinski definition) is 0. The lowest BCUT2D eigenvalue weighted by Crippen LogP contribution is -2.29. The summed E-state index contributed by atoms with van der Waals surface area (Å²) in [5.41, 5.74) is 1.52. The van der Waals surface area contributed by atoms with Crippen LogP contribution in [0.3, 0.4) is 0 Å². The highest BCUT2D eigenvalue weighted by Gasteiger charge is 2.33. The lowest BCUT2D eigenvalue weighted by molar-refractivity contribution is 0.267. The summed E-state index contributed by atoms with van der Waals surface area (Å²) in [4.78, 5) is 0. The van der Waals surface area contributed by atoms with E-state index in [2.05, 4.69) is 13.0 Å². The lowest BCUT2D eigenvalue weighted by Gasteiger charge is -2.38. The van der Waals surface area contributed by atoms with Crippen LogP contribution >= 0.6 is 0 Å². The molecule has 1 fully saturated rings. The van der Waals surface area contributed by atoms with Crippen molar-refractivity contribution in [2.75, 3.05) is 0 Å². The highest BCUT2D eigenvalue weighted by Crippen LogP contribution is 2.43. The molecule has 0 nitrogen and oxygen atoms in total. The fourth-order valence-corrected chi connectivity index (χ4v) is 3.25. The summed E-state index contributed by atoms with van der Waals surface area (Å²) in [5.74, 6) is -0.0797. The third kappa shape index (κ3) is 2.88. The van der Waals surface area contributed by atoms with Crippen molar-refractivity contribution < 1.29 is 4.39 Å². The van der Waals surface area contributed by atoms with Gasteiger partial charge in [0.25, 0.3) is 0 Å². The van der Waals surface area contributed by atoms with Crippen LogP contribution in [0.2, 0.25) is 0 Å². The number of unbranched alkanes of at least 4 members (excludes halogenated alkanes) is 1. The van der Waals surface area contributed by atoms with Crippen molar-refractivity contribution in [3.63, 3.8) is 0 Å². The Labute approximate surface area is 104 Å². The summed E-state index contributed by atoms with van der Waals surface area (Å²) in [6.45, 7) is 2.24. The molecule has 0 aliphatic heterocycles. The first-order valence-electron chi connectivity index (χ1n) is 7.03. The van der Waals surface area contributed by atoms with E-state index in [0.717, 1.165) is 0 Å². The van der Waals surface area contributed by atoms with Crippen LogP contribution < -0.4 is 0 Å². The Kier molecular flexibility index (Phi) is 4.20. The maximum Gasteiger partial charge on any atom is 0.123 e. The van der Waals surface area contributed by atoms with Crippen LogP contribution in [0.1, 0.15) is 63.9 Å². The Hall–Kier alpha value is -0.850. The van der Waals surface area contributed by atoms with Crippen LogP contribution in [0.5, 0.6) is 0 Å². The Morgan fingerprint density at radius 2 is 1.94 bits per heavy atom. The van der Waals surface area contributed by atoms with Crippen molar-refractivity contribution in [3.05, 3.63) is 35.6 Å². The van der Waals surface area contributed by atoms with Gasteiger partial charge in [0.2, 0.25) is 0 Å². The molecule has 0 spiro atoms. The second-order valence-electron chi connectivity index (χ2n) is 5.45. The van der Waals surface area contributed by atoms with Gasteiger partial charge in [0.15, 0.2) is 0 Å². The van der Waals surface area contributed by atoms with Gasteiger partial charge in [-0.25, -0.2) is 4.39 Å². The third-order valence-corrected chi connectivity index (χ3v) is 4.26. The van der Waals surface area contributed by atoms with Gasteiger partial charge >= 0.3 is 0 Å². The summed E-state index contributed by atoms with van der Waals surface area (Å²) in [7, 11) is 0. The van der Waals surface area contributed by atoms with E-state index in [4.69, 9.17) is 0 Å². The highest BCUT2D eigenvalue weighted by atomic mass is 19.1. The predicted octanol–water partition coefficient (Wildman–Crippen LogP) is 5.22. The van der Waals surface area contributed by atoms with Crippen molar-refractivity contribution >= 4 is 0 Å². The molecule has 0 bridgehead atoms. The smallest absolute Gasteiger partial charge is 0.123 e. The fourth-order valence-electron chi connectivity index (χ4n) is 3.25. The van der Waals surface area contributed by atoms with Crippen LogP contribution in [0.15, 0.2) is 24.3 Å². The molecule has 0 radical (unpaired) electrons. The average molecular weight is 234 g/mol. The average Bonchev–Trinajstić information content (AvgIpc) is 2.37. The molecule has 1 saturated carbocycles. The molecule has 0 atom stereocenters. The van der Waals surface area contributed by atoms with Crippen molar-refractivity contribution in [2.45, 2.75) is 63.7 Å². The fraction of sp³-hybridized carbons (Fsp3) is 0.625. The Bertz CT molecular complexity index is 350. The SMILES string of the molecule is CCCCC1(c2cccc(F)c2)CCCCC1. The minimum Gasteiger partial charge on any atom is -0.207 e. The molecule has 0 amide bonds. The summed E-state index contributed by atoms with van der Waals surface area (Å²) >= 11 is 0. The Morgan fingerprint density at radius 1 is 1.18 bits per heavy atom. The van der Waals surface area contributed by atoms with Gasteiger partial charge in [0.1, 0.15) is 5.82 Å². The molecule has 0 aromatic heterocycles. The van der Waals surface area contributed by atoms with Gasteiger partial charge in [-0.05, 0) is 42.4 Å². The second kappa shape index (κ2) is 5.66. The first-order valence-corrected chi connectivity index (χ1v) is 7.03. The van der Waals surface area contributed by atoms with E-state index in [0.29, 0.717) is 0 Å². The molecule has 0 unspecified atom stereocenters. The van der Waals surface area contributed by atoms with Gasteiger partial charge < -0.3 is 0 Å². The predicted molar refractivity (Wildman–Crippen MR) is 70.7 cm³/mol. The molecule has 1 aliphatic rings. The maximum absolute atomic E-state index is 13.4. The Morgan fingerprint density at radius 3 is 2.59 bits per heavy atom. The van der Waals surface area contributed by atoms with E-state index >= 15 is 0 Å². The molecule has 94 valence electrons. The molecule has 1 aromatic rings. The number of benzene rings is 1. The van der Waals surface area contributed by atoms with Crippen molar-refractivity contribution in [1.82, 2.24) is 0 Å². The van der Waals surface area contributed by atoms with E-state index in [1.807, 2.05) is 6.07 Å². The van der Waals surface area contributed by atoms with Gasteiger partial charge in [-0.1, -0.05) is 51.2 Å². The number of hydrogen-bond donors (Lipinski definition) is 0. The molecule has 0 saturated heterocycles. The van der Waals surface area contributed by atoms with Gasteiger partial charge in [0, 0.05) is 0 Å². The van der Waals surface area contributed by atoms with E-state index in [1.165, 1.54) is 56.9 Å². The molecule has 17 heavy (non-hydrogen) atoms. The molecule has 0 heterocycles. The first-order chi connectivity index (χ1) is 8.27. The van der Waals surface area contributed by atoms with Crippen LogP contribution in [-0.4, -0.2) is 0 Å². The van der Waals surface area contributed by atoms with E-state index in [9.17, 15) is 4.39 Å². The standard InChI is InChI=1S/C16H23F/c1-2-3-10-16(11-5-4-6-12-16)14-8-7-9-15(17)13-14/h7-9,13H,2-6,10-12H2,1H3. The molecule has 1 aliphatic carbocycles. The minimum absolute atomic E-state index is 0.0797. The molecule has 1 aromatic carbocycles. The summed E-state index contributed by atoms with van der Waals surface area (Å²) in [6, 6.07) is 7.32. The van der Waals surface area contributed by atoms with E-state index < -0.39 is 0 Å². The van der Waals surface area contributed by atoms with E-state index in [-0.39, 0.29) is 11.2 Å². The maximum atomic E-state index is 13.4. The molecule has 2 rings (SSSR count). The molecular formula is C16H23F. The molecule has 0 N–H and O–H groups in total. The topological polar surface area (TPSA) is 0 Å². The van der Waals surface area contributed by atoms with Crippen LogP contribution in [-0.2, 0) is 5.41 Å². The molecular weight excluding hydrogens is 211 g/mol. The van der Waals surface area contributed by atoms with Gasteiger partial charge in [-0.3, -0.25) is 0 Å². The normalized spacial score (nSPS) is 19.2. The van der Waals surface area contributed by atoms with Crippen molar-refractivity contribution in [2.24, 2.45) is 0 Å². The quantitative estimate of drug-likeness (QED) is 0.670. The Balaban J connectivity index is 2.25. The summed E-state index contributed by atoms with van der Waals surface area (Å²) in [5, 5.41) is 0. The van der Waals surface area contributed by atoms with Crippen molar-refractivity contribution in [3.8, 4) is 0 Å². The monoisotopic (exact) mass is 234 g/mol. The van der Waals surface area contributed by atoms with Gasteiger partial charge in [0.05, 0.1) is 0 Å². The second-order valence-corrected chi connectivity index (χ2v) is 5.45. The number of halogens is 1. The summed E-state index contributed by atoms with van der Waals surface area (Å²) < 4.78 is 13.4. The summed E-state index contributed by atoms with van der Waals surface area (Å²) in [6.07, 6.45) is 10.2. The molecule has 1 heteroatoms. The van der Waals surface area contributed by atoms with Gasteiger partial charge in [-0.15, -0.1) is 0 Å². The van der Waals surface area contributed by atoms with Gasteiger partial charge in [-0.2, -0.15) is 0 Å². The largest absolute Gasteiger partial charge is 0.207 e. The zero-order valence-corrected chi connectivity index (χ0v) is 10.8. The zero-order chi connectivity index (χ0) is 12.1. The van der Waals surface area contributed by atoms with Crippen LogP contribution in [0.25, 0.3) is 0 Å². The third-order valence-electron chi connectivity index (χ3n) is 4.26. The highest BCUT2D eigenvalue weighted by molar-refractivity contribution is 5.26. The van der Waals surface area contributed by atoms with Crippen LogP contribution in [0, 0.1) is 5.82 Å². The van der Waals surface area contributed by atoms with E-state index in [1.54, 1.807) is 12.1 Å².